The highest BCUT2D eigenvalue weighted by Crippen LogP contribution is 2.20. The van der Waals surface area contributed by atoms with E-state index in [-0.39, 0.29) is 6.10 Å². The minimum atomic E-state index is 0.169. The van der Waals surface area contributed by atoms with E-state index < -0.39 is 0 Å². The van der Waals surface area contributed by atoms with E-state index in [1.165, 1.54) is 6.42 Å². The summed E-state index contributed by atoms with van der Waals surface area (Å²) < 4.78 is 13.5. The number of anilines is 1. The first-order chi connectivity index (χ1) is 10.4. The lowest BCUT2D eigenvalue weighted by molar-refractivity contribution is -0.0117. The Morgan fingerprint density at radius 3 is 3.24 bits per heavy atom. The summed E-state index contributed by atoms with van der Waals surface area (Å²) >= 11 is 0. The van der Waals surface area contributed by atoms with Gasteiger partial charge in [0.2, 0.25) is 5.65 Å². The lowest BCUT2D eigenvalue weighted by Crippen LogP contribution is -2.26. The highest BCUT2D eigenvalue weighted by atomic mass is 16.5. The van der Waals surface area contributed by atoms with Crippen molar-refractivity contribution in [3.63, 3.8) is 0 Å². The number of fused-ring (bicyclic) bond motifs is 1. The van der Waals surface area contributed by atoms with E-state index in [0.717, 1.165) is 43.9 Å². The van der Waals surface area contributed by atoms with Crippen LogP contribution in [0.2, 0.25) is 0 Å². The number of nitrogens with one attached hydrogen (secondary N) is 1. The van der Waals surface area contributed by atoms with Crippen molar-refractivity contribution in [2.75, 3.05) is 25.1 Å². The van der Waals surface area contributed by atoms with Crippen LogP contribution < -0.4 is 10.1 Å². The third-order valence-electron chi connectivity index (χ3n) is 3.58. The maximum Gasteiger partial charge on any atom is 0.260 e. The molecule has 2 aromatic heterocycles. The zero-order valence-electron chi connectivity index (χ0n) is 12.4. The molecule has 114 valence electrons. The van der Waals surface area contributed by atoms with Crippen molar-refractivity contribution >= 4 is 11.5 Å². The lowest BCUT2D eigenvalue weighted by atomic mass is 10.1. The second kappa shape index (κ2) is 6.76. The first-order valence-corrected chi connectivity index (χ1v) is 7.69. The molecule has 1 atom stereocenters. The maximum absolute atomic E-state index is 5.88. The van der Waals surface area contributed by atoms with Crippen molar-refractivity contribution < 1.29 is 9.47 Å². The average molecular weight is 290 g/mol. The Kier molecular flexibility index (Phi) is 4.55. The third-order valence-corrected chi connectivity index (χ3v) is 3.58. The molecule has 1 fully saturated rings. The van der Waals surface area contributed by atoms with Gasteiger partial charge in [-0.05, 0) is 25.7 Å². The summed E-state index contributed by atoms with van der Waals surface area (Å²) in [5.41, 5.74) is 0.743. The molecule has 6 nitrogen and oxygen atoms in total. The van der Waals surface area contributed by atoms with Gasteiger partial charge in [0.1, 0.15) is 12.4 Å². The smallest absolute Gasteiger partial charge is 0.260 e. The molecule has 1 aliphatic heterocycles. The van der Waals surface area contributed by atoms with E-state index in [2.05, 4.69) is 22.2 Å². The topological polar surface area (TPSA) is 60.7 Å². The fraction of sp³-hybridized carbons (Fsp3) is 0.600. The minimum Gasteiger partial charge on any atom is -0.472 e. The Morgan fingerprint density at radius 2 is 2.43 bits per heavy atom. The molecular formula is C15H22N4O2. The summed E-state index contributed by atoms with van der Waals surface area (Å²) in [6, 6.07) is 0. The number of rotatable bonds is 6. The maximum atomic E-state index is 5.88. The first kappa shape index (κ1) is 14.1. The Labute approximate surface area is 124 Å². The van der Waals surface area contributed by atoms with Gasteiger partial charge in [0.15, 0.2) is 0 Å². The fourth-order valence-electron chi connectivity index (χ4n) is 2.45. The van der Waals surface area contributed by atoms with E-state index in [1.807, 2.05) is 16.8 Å². The van der Waals surface area contributed by atoms with E-state index >= 15 is 0 Å². The molecule has 0 radical (unpaired) electrons. The molecule has 1 N–H and O–H groups in total. The SMILES string of the molecule is CCCNc1cn2ccnc2c(OCC2CCCCO2)n1. The molecule has 0 amide bonds. The Bertz CT molecular complexity index is 578. The normalized spacial score (nSPS) is 18.8. The van der Waals surface area contributed by atoms with E-state index in [0.29, 0.717) is 12.5 Å². The number of aromatic nitrogens is 3. The van der Waals surface area contributed by atoms with Crippen molar-refractivity contribution in [2.45, 2.75) is 38.7 Å². The first-order valence-electron chi connectivity index (χ1n) is 7.69. The molecule has 2 aromatic rings. The van der Waals surface area contributed by atoms with E-state index in [4.69, 9.17) is 9.47 Å². The lowest BCUT2D eigenvalue weighted by Gasteiger charge is -2.22. The summed E-state index contributed by atoms with van der Waals surface area (Å²) in [7, 11) is 0. The molecule has 0 bridgehead atoms. The molecule has 6 heteroatoms. The number of imidazole rings is 1. The van der Waals surface area contributed by atoms with Gasteiger partial charge in [-0.2, -0.15) is 4.98 Å². The largest absolute Gasteiger partial charge is 0.472 e. The highest BCUT2D eigenvalue weighted by molar-refractivity contribution is 5.53. The van der Waals surface area contributed by atoms with Crippen molar-refractivity contribution in [2.24, 2.45) is 0 Å². The van der Waals surface area contributed by atoms with Gasteiger partial charge in [-0.25, -0.2) is 4.98 Å². The molecule has 3 heterocycles. The molecule has 21 heavy (non-hydrogen) atoms. The quantitative estimate of drug-likeness (QED) is 0.885. The average Bonchev–Trinajstić information content (AvgIpc) is 3.00. The molecule has 0 aromatic carbocycles. The van der Waals surface area contributed by atoms with Gasteiger partial charge in [0, 0.05) is 25.5 Å². The predicted molar refractivity (Wildman–Crippen MR) is 80.9 cm³/mol. The summed E-state index contributed by atoms with van der Waals surface area (Å²) in [5.74, 6) is 1.37. The monoisotopic (exact) mass is 290 g/mol. The van der Waals surface area contributed by atoms with Gasteiger partial charge in [-0.15, -0.1) is 0 Å². The zero-order valence-corrected chi connectivity index (χ0v) is 12.4. The van der Waals surface area contributed by atoms with Crippen LogP contribution >= 0.6 is 0 Å². The van der Waals surface area contributed by atoms with Crippen LogP contribution in [0.4, 0.5) is 5.82 Å². The van der Waals surface area contributed by atoms with Crippen molar-refractivity contribution in [3.05, 3.63) is 18.6 Å². The van der Waals surface area contributed by atoms with E-state index in [1.54, 1.807) is 6.20 Å². The third kappa shape index (κ3) is 3.44. The Balaban J connectivity index is 1.73. The molecule has 0 spiro atoms. The minimum absolute atomic E-state index is 0.169. The summed E-state index contributed by atoms with van der Waals surface area (Å²) in [5, 5.41) is 3.28. The van der Waals surface area contributed by atoms with Crippen LogP contribution in [0.5, 0.6) is 5.88 Å². The zero-order chi connectivity index (χ0) is 14.5. The van der Waals surface area contributed by atoms with E-state index in [9.17, 15) is 0 Å². The van der Waals surface area contributed by atoms with Gasteiger partial charge in [-0.1, -0.05) is 6.92 Å². The summed E-state index contributed by atoms with van der Waals surface area (Å²) in [6.07, 6.45) is 10.2. The van der Waals surface area contributed by atoms with Gasteiger partial charge < -0.3 is 14.8 Å². The number of nitrogens with zero attached hydrogens (tertiary/aromatic N) is 3. The van der Waals surface area contributed by atoms with Crippen LogP contribution in [0, 0.1) is 0 Å². The number of hydrogen-bond donors (Lipinski definition) is 1. The summed E-state index contributed by atoms with van der Waals surface area (Å²) in [6.45, 7) is 4.38. The van der Waals surface area contributed by atoms with Gasteiger partial charge in [0.25, 0.3) is 5.88 Å². The molecule has 1 unspecified atom stereocenters. The fourth-order valence-corrected chi connectivity index (χ4v) is 2.45. The van der Waals surface area contributed by atoms with Gasteiger partial charge >= 0.3 is 0 Å². The Hall–Kier alpha value is -1.82. The highest BCUT2D eigenvalue weighted by Gasteiger charge is 2.16. The van der Waals surface area contributed by atoms with Gasteiger partial charge in [-0.3, -0.25) is 4.40 Å². The van der Waals surface area contributed by atoms with Crippen LogP contribution in [0.1, 0.15) is 32.6 Å². The molecule has 0 saturated carbocycles. The second-order valence-electron chi connectivity index (χ2n) is 5.32. The van der Waals surface area contributed by atoms with Crippen LogP contribution in [-0.4, -0.2) is 40.2 Å². The summed E-state index contributed by atoms with van der Waals surface area (Å²) in [4.78, 5) is 8.83. The van der Waals surface area contributed by atoms with Crippen molar-refractivity contribution in [1.29, 1.82) is 0 Å². The van der Waals surface area contributed by atoms with Gasteiger partial charge in [0.05, 0.1) is 12.3 Å². The number of ether oxygens (including phenoxy) is 2. The number of hydrogen-bond acceptors (Lipinski definition) is 5. The second-order valence-corrected chi connectivity index (χ2v) is 5.32. The molecule has 0 aliphatic carbocycles. The predicted octanol–water partition coefficient (Wildman–Crippen LogP) is 2.50. The van der Waals surface area contributed by atoms with Crippen LogP contribution in [0.3, 0.4) is 0 Å². The molecular weight excluding hydrogens is 268 g/mol. The van der Waals surface area contributed by atoms with Crippen molar-refractivity contribution in [1.82, 2.24) is 14.4 Å². The van der Waals surface area contributed by atoms with Crippen LogP contribution in [-0.2, 0) is 4.74 Å². The van der Waals surface area contributed by atoms with Crippen LogP contribution in [0.25, 0.3) is 5.65 Å². The Morgan fingerprint density at radius 1 is 1.48 bits per heavy atom. The van der Waals surface area contributed by atoms with Crippen molar-refractivity contribution in [3.8, 4) is 5.88 Å². The molecule has 1 aliphatic rings. The molecule has 1 saturated heterocycles. The van der Waals surface area contributed by atoms with Crippen LogP contribution in [0.15, 0.2) is 18.6 Å². The molecule has 3 rings (SSSR count). The standard InChI is InChI=1S/C15H22N4O2/c1-2-6-16-13-10-19-8-7-17-14(19)15(18-13)21-11-12-5-3-4-9-20-12/h7-8,10,12,16H,2-6,9,11H2,1H3.